The molecule has 0 aromatic carbocycles. The van der Waals surface area contributed by atoms with Crippen LogP contribution in [0.2, 0.25) is 0 Å². The van der Waals surface area contributed by atoms with E-state index < -0.39 is 16.2 Å². The van der Waals surface area contributed by atoms with E-state index in [1.54, 1.807) is 7.05 Å². The lowest BCUT2D eigenvalue weighted by atomic mass is 10.4. The molecule has 0 saturated heterocycles. The van der Waals surface area contributed by atoms with Gasteiger partial charge in [-0.25, -0.2) is 0 Å². The summed E-state index contributed by atoms with van der Waals surface area (Å²) in [6.07, 6.45) is -0.365. The third-order valence-electron chi connectivity index (χ3n) is 1.44. The minimum absolute atomic E-state index is 0.159. The number of hydrogen-bond donors (Lipinski definition) is 3. The highest BCUT2D eigenvalue weighted by Crippen LogP contribution is 1.91. The molecule has 0 heterocycles. The molecule has 0 aliphatic carbocycles. The summed E-state index contributed by atoms with van der Waals surface area (Å²) < 4.78 is 33.9. The largest absolute Gasteiger partial charge is 0.389 e. The van der Waals surface area contributed by atoms with Gasteiger partial charge in [0.05, 0.1) is 18.5 Å². The monoisotopic (exact) mass is 227 g/mol. The number of aliphatic hydroxyl groups excluding tert-OH is 1. The minimum atomic E-state index is -3.89. The zero-order valence-corrected chi connectivity index (χ0v) is 8.96. The zero-order valence-electron chi connectivity index (χ0n) is 8.14. The van der Waals surface area contributed by atoms with E-state index in [1.807, 2.05) is 0 Å². The average molecular weight is 227 g/mol. The molecule has 0 amide bonds. The summed E-state index contributed by atoms with van der Waals surface area (Å²) in [5.41, 5.74) is 0. The van der Waals surface area contributed by atoms with Gasteiger partial charge in [-0.15, -0.1) is 0 Å². The number of likely N-dealkylation sites (N-methyl/N-ethyl adjacent to an activating group) is 1. The lowest BCUT2D eigenvalue weighted by molar-refractivity contribution is 0.0384. The molecule has 3 N–H and O–H groups in total. The second-order valence-electron chi connectivity index (χ2n) is 2.93. The van der Waals surface area contributed by atoms with Crippen LogP contribution < -0.4 is 5.32 Å². The van der Waals surface area contributed by atoms with Gasteiger partial charge in [0.2, 0.25) is 0 Å². The smallest absolute Gasteiger partial charge is 0.264 e. The molecule has 0 aromatic heterocycles. The Balaban J connectivity index is 3.30. The molecular weight excluding hydrogens is 210 g/mol. The summed E-state index contributed by atoms with van der Waals surface area (Å²) in [5, 5.41) is 11.9. The molecule has 0 aliphatic heterocycles. The third-order valence-corrected chi connectivity index (χ3v) is 2.25. The molecule has 1 atom stereocenters. The standard InChI is InChI=1S/C7H17NO5S/c1-8-5-7(9)6-13-3-2-4-14(10,11)12/h7-9H,2-6H2,1H3,(H,10,11,12). The first-order chi connectivity index (χ1) is 6.45. The molecule has 0 rings (SSSR count). The number of hydrogen-bond acceptors (Lipinski definition) is 5. The van der Waals surface area contributed by atoms with Gasteiger partial charge in [-0.2, -0.15) is 8.42 Å². The van der Waals surface area contributed by atoms with Crippen LogP contribution in [0.4, 0.5) is 0 Å². The van der Waals surface area contributed by atoms with E-state index in [1.165, 1.54) is 0 Å². The fraction of sp³-hybridized carbons (Fsp3) is 1.00. The van der Waals surface area contributed by atoms with Gasteiger partial charge in [-0.05, 0) is 13.5 Å². The molecule has 0 spiro atoms. The number of ether oxygens (including phenoxy) is 1. The third kappa shape index (κ3) is 9.87. The number of nitrogens with one attached hydrogen (secondary N) is 1. The van der Waals surface area contributed by atoms with Crippen LogP contribution in [0.15, 0.2) is 0 Å². The van der Waals surface area contributed by atoms with Crippen molar-refractivity contribution < 1.29 is 22.8 Å². The maximum absolute atomic E-state index is 10.3. The second kappa shape index (κ2) is 7.13. The molecular formula is C7H17NO5S. The van der Waals surface area contributed by atoms with Crippen molar-refractivity contribution in [2.24, 2.45) is 0 Å². The van der Waals surface area contributed by atoms with E-state index in [0.717, 1.165) is 0 Å². The Morgan fingerprint density at radius 1 is 1.50 bits per heavy atom. The van der Waals surface area contributed by atoms with Crippen LogP contribution in [-0.2, 0) is 14.9 Å². The van der Waals surface area contributed by atoms with Crippen LogP contribution in [0.1, 0.15) is 6.42 Å². The van der Waals surface area contributed by atoms with E-state index in [4.69, 9.17) is 14.4 Å². The van der Waals surface area contributed by atoms with Crippen LogP contribution >= 0.6 is 0 Å². The van der Waals surface area contributed by atoms with Crippen molar-refractivity contribution >= 4 is 10.1 Å². The van der Waals surface area contributed by atoms with Crippen molar-refractivity contribution in [3.8, 4) is 0 Å². The van der Waals surface area contributed by atoms with Crippen molar-refractivity contribution in [1.82, 2.24) is 5.32 Å². The summed E-state index contributed by atoms with van der Waals surface area (Å²) in [4.78, 5) is 0. The molecule has 14 heavy (non-hydrogen) atoms. The van der Waals surface area contributed by atoms with Crippen LogP contribution in [0.25, 0.3) is 0 Å². The van der Waals surface area contributed by atoms with Gasteiger partial charge in [0.25, 0.3) is 10.1 Å². The molecule has 6 nitrogen and oxygen atoms in total. The van der Waals surface area contributed by atoms with Crippen LogP contribution in [-0.4, -0.2) is 56.7 Å². The van der Waals surface area contributed by atoms with E-state index in [0.29, 0.717) is 6.54 Å². The van der Waals surface area contributed by atoms with Crippen LogP contribution in [0.5, 0.6) is 0 Å². The van der Waals surface area contributed by atoms with Gasteiger partial charge >= 0.3 is 0 Å². The minimum Gasteiger partial charge on any atom is -0.389 e. The van der Waals surface area contributed by atoms with Crippen molar-refractivity contribution in [1.29, 1.82) is 0 Å². The van der Waals surface area contributed by atoms with E-state index in [-0.39, 0.29) is 25.4 Å². The van der Waals surface area contributed by atoms with E-state index in [9.17, 15) is 8.42 Å². The Morgan fingerprint density at radius 2 is 2.14 bits per heavy atom. The van der Waals surface area contributed by atoms with Gasteiger partial charge in [0, 0.05) is 13.2 Å². The summed E-state index contributed by atoms with van der Waals surface area (Å²) in [7, 11) is -2.18. The molecule has 0 bridgehead atoms. The fourth-order valence-electron chi connectivity index (χ4n) is 0.857. The fourth-order valence-corrected chi connectivity index (χ4v) is 1.34. The molecule has 1 unspecified atom stereocenters. The Labute approximate surface area is 84.0 Å². The van der Waals surface area contributed by atoms with E-state index in [2.05, 4.69) is 5.32 Å². The molecule has 7 heteroatoms. The molecule has 86 valence electrons. The topological polar surface area (TPSA) is 95.9 Å². The van der Waals surface area contributed by atoms with Crippen LogP contribution in [0.3, 0.4) is 0 Å². The van der Waals surface area contributed by atoms with Crippen molar-refractivity contribution in [3.63, 3.8) is 0 Å². The summed E-state index contributed by atoms with van der Waals surface area (Å²) in [6.45, 7) is 0.797. The second-order valence-corrected chi connectivity index (χ2v) is 4.50. The summed E-state index contributed by atoms with van der Waals surface area (Å²) in [6, 6.07) is 0. The lowest BCUT2D eigenvalue weighted by Crippen LogP contribution is -2.28. The molecule has 0 saturated carbocycles. The number of aliphatic hydroxyl groups is 1. The highest BCUT2D eigenvalue weighted by Gasteiger charge is 2.05. The normalized spacial score (nSPS) is 14.2. The highest BCUT2D eigenvalue weighted by molar-refractivity contribution is 7.85. The number of rotatable bonds is 8. The predicted octanol–water partition coefficient (Wildman–Crippen LogP) is -1.14. The summed E-state index contributed by atoms with van der Waals surface area (Å²) in [5.74, 6) is -0.310. The average Bonchev–Trinajstić information content (AvgIpc) is 2.02. The Kier molecular flexibility index (Phi) is 7.02. The van der Waals surface area contributed by atoms with Crippen molar-refractivity contribution in [3.05, 3.63) is 0 Å². The molecule has 0 aromatic rings. The zero-order chi connectivity index (χ0) is 11.0. The van der Waals surface area contributed by atoms with Crippen LogP contribution in [0, 0.1) is 0 Å². The molecule has 0 radical (unpaired) electrons. The summed E-state index contributed by atoms with van der Waals surface area (Å²) >= 11 is 0. The first kappa shape index (κ1) is 13.8. The van der Waals surface area contributed by atoms with Gasteiger partial charge < -0.3 is 15.2 Å². The Morgan fingerprint density at radius 3 is 2.64 bits per heavy atom. The Bertz CT molecular complexity index is 228. The quantitative estimate of drug-likeness (QED) is 0.358. The van der Waals surface area contributed by atoms with Gasteiger partial charge in [-0.1, -0.05) is 0 Å². The van der Waals surface area contributed by atoms with Gasteiger partial charge in [-0.3, -0.25) is 4.55 Å². The van der Waals surface area contributed by atoms with Gasteiger partial charge in [0.15, 0.2) is 0 Å². The maximum atomic E-state index is 10.3. The first-order valence-corrected chi connectivity index (χ1v) is 5.92. The molecule has 0 fully saturated rings. The predicted molar refractivity (Wildman–Crippen MR) is 51.8 cm³/mol. The molecule has 0 aliphatic rings. The first-order valence-electron chi connectivity index (χ1n) is 4.31. The maximum Gasteiger partial charge on any atom is 0.264 e. The van der Waals surface area contributed by atoms with E-state index >= 15 is 0 Å². The Hall–Kier alpha value is -0.210. The SMILES string of the molecule is CNCC(O)COCCCS(=O)(=O)O. The highest BCUT2D eigenvalue weighted by atomic mass is 32.2. The van der Waals surface area contributed by atoms with Crippen molar-refractivity contribution in [2.75, 3.05) is 32.6 Å². The van der Waals surface area contributed by atoms with Crippen molar-refractivity contribution in [2.45, 2.75) is 12.5 Å². The van der Waals surface area contributed by atoms with Gasteiger partial charge in [0.1, 0.15) is 0 Å². The lowest BCUT2D eigenvalue weighted by Gasteiger charge is -2.09.